The minimum Gasteiger partial charge on any atom is -0.496 e. The van der Waals surface area contributed by atoms with Gasteiger partial charge in [0.15, 0.2) is 5.69 Å². The highest BCUT2D eigenvalue weighted by atomic mass is 16.5. The Morgan fingerprint density at radius 1 is 1.03 bits per heavy atom. The molecule has 3 amide bonds. The number of carbonyl (C=O) groups excluding carboxylic acids is 3. The number of hydrogen-bond acceptors (Lipinski definition) is 6. The van der Waals surface area contributed by atoms with Gasteiger partial charge in [-0.2, -0.15) is 5.10 Å². The molecule has 0 saturated carbocycles. The van der Waals surface area contributed by atoms with E-state index in [9.17, 15) is 14.4 Å². The van der Waals surface area contributed by atoms with E-state index in [1.165, 1.54) is 0 Å². The van der Waals surface area contributed by atoms with E-state index < -0.39 is 17.9 Å². The van der Waals surface area contributed by atoms with Crippen molar-refractivity contribution < 1.29 is 23.9 Å². The van der Waals surface area contributed by atoms with Gasteiger partial charge in [-0.15, -0.1) is 0 Å². The summed E-state index contributed by atoms with van der Waals surface area (Å²) in [7, 11) is 3.16. The molecule has 0 aliphatic rings. The zero-order chi connectivity index (χ0) is 26.3. The van der Waals surface area contributed by atoms with E-state index in [4.69, 9.17) is 15.2 Å². The van der Waals surface area contributed by atoms with Crippen LogP contribution in [0.1, 0.15) is 57.6 Å². The first-order valence-corrected chi connectivity index (χ1v) is 11.7. The van der Waals surface area contributed by atoms with E-state index in [1.807, 2.05) is 43.7 Å². The van der Waals surface area contributed by atoms with Crippen LogP contribution in [-0.2, 0) is 9.59 Å². The fourth-order valence-electron chi connectivity index (χ4n) is 3.54. The Hall–Kier alpha value is -3.56. The van der Waals surface area contributed by atoms with E-state index in [1.54, 1.807) is 20.3 Å². The molecule has 35 heavy (non-hydrogen) atoms. The number of hydrogen-bond donors (Lipinski definition) is 3. The Morgan fingerprint density at radius 2 is 1.63 bits per heavy atom. The zero-order valence-corrected chi connectivity index (χ0v) is 21.5. The largest absolute Gasteiger partial charge is 0.496 e. The third kappa shape index (κ3) is 6.97. The molecule has 10 heteroatoms. The molecule has 1 aromatic heterocycles. The molecule has 0 aliphatic carbocycles. The van der Waals surface area contributed by atoms with Gasteiger partial charge in [-0.3, -0.25) is 19.1 Å². The van der Waals surface area contributed by atoms with Crippen LogP contribution in [0.25, 0.3) is 11.3 Å². The summed E-state index contributed by atoms with van der Waals surface area (Å²) in [5.41, 5.74) is 6.68. The first-order chi connectivity index (χ1) is 16.5. The number of nitrogens with one attached hydrogen (secondary N) is 2. The average Bonchev–Trinajstić information content (AvgIpc) is 3.25. The summed E-state index contributed by atoms with van der Waals surface area (Å²) in [5, 5.41) is 10.0. The Morgan fingerprint density at radius 3 is 2.11 bits per heavy atom. The fourth-order valence-corrected chi connectivity index (χ4v) is 3.54. The van der Waals surface area contributed by atoms with E-state index in [-0.39, 0.29) is 42.4 Å². The molecule has 2 rings (SSSR count). The van der Waals surface area contributed by atoms with Gasteiger partial charge < -0.3 is 25.8 Å². The summed E-state index contributed by atoms with van der Waals surface area (Å²) < 4.78 is 13.0. The average molecular weight is 488 g/mol. The molecule has 4 N–H and O–H groups in total. The quantitative estimate of drug-likeness (QED) is 0.421. The van der Waals surface area contributed by atoms with Gasteiger partial charge in [-0.05, 0) is 37.0 Å². The predicted octanol–water partition coefficient (Wildman–Crippen LogP) is 2.53. The molecule has 0 aliphatic heterocycles. The summed E-state index contributed by atoms with van der Waals surface area (Å²) in [4.78, 5) is 36.4. The molecule has 2 aromatic rings. The molecule has 0 bridgehead atoms. The standard InChI is InChI=1S/C25H37N5O5/c1-14(2)16(5)30-19(24-20(34-6)9-8-10-21(24)35-7)11-18(29-30)25(33)28-17(15(3)4)12-23(32)27-13-22(26)31/h8-11,14-17H,12-13H2,1-7H3,(H2,26,31)(H,27,32)(H,28,33). The first-order valence-electron chi connectivity index (χ1n) is 11.7. The van der Waals surface area contributed by atoms with Crippen molar-refractivity contribution in [2.45, 2.75) is 53.1 Å². The highest BCUT2D eigenvalue weighted by Gasteiger charge is 2.27. The molecular formula is C25H37N5O5. The second-order valence-electron chi connectivity index (χ2n) is 9.15. The summed E-state index contributed by atoms with van der Waals surface area (Å²) >= 11 is 0. The Labute approximate surface area is 206 Å². The van der Waals surface area contributed by atoms with Crippen LogP contribution in [0.3, 0.4) is 0 Å². The lowest BCUT2D eigenvalue weighted by Gasteiger charge is -2.22. The molecule has 0 saturated heterocycles. The third-order valence-electron chi connectivity index (χ3n) is 5.99. The maximum absolute atomic E-state index is 13.3. The number of ether oxygens (including phenoxy) is 2. The van der Waals surface area contributed by atoms with Crippen LogP contribution in [0.5, 0.6) is 11.5 Å². The number of benzene rings is 1. The smallest absolute Gasteiger partial charge is 0.272 e. The highest BCUT2D eigenvalue weighted by Crippen LogP contribution is 2.40. The van der Waals surface area contributed by atoms with Crippen LogP contribution in [0.2, 0.25) is 0 Å². The lowest BCUT2D eigenvalue weighted by atomic mass is 10.00. The van der Waals surface area contributed by atoms with E-state index >= 15 is 0 Å². The number of methoxy groups -OCH3 is 2. The van der Waals surface area contributed by atoms with Crippen molar-refractivity contribution in [3.05, 3.63) is 30.0 Å². The molecule has 2 atom stereocenters. The van der Waals surface area contributed by atoms with Gasteiger partial charge in [0.2, 0.25) is 11.8 Å². The topological polar surface area (TPSA) is 138 Å². The third-order valence-corrected chi connectivity index (χ3v) is 5.99. The van der Waals surface area contributed by atoms with Gasteiger partial charge in [0.25, 0.3) is 5.91 Å². The Bertz CT molecular complexity index is 1020. The number of carbonyl (C=O) groups is 3. The SMILES string of the molecule is COc1cccc(OC)c1-c1cc(C(=O)NC(CC(=O)NCC(N)=O)C(C)C)nn1C(C)C(C)C. The lowest BCUT2D eigenvalue weighted by molar-refractivity contribution is -0.125. The van der Waals surface area contributed by atoms with Gasteiger partial charge in [-0.25, -0.2) is 0 Å². The van der Waals surface area contributed by atoms with Gasteiger partial charge >= 0.3 is 0 Å². The van der Waals surface area contributed by atoms with Crippen LogP contribution in [0.15, 0.2) is 24.3 Å². The normalized spacial score (nSPS) is 12.8. The second-order valence-corrected chi connectivity index (χ2v) is 9.15. The van der Waals surface area contributed by atoms with E-state index in [0.29, 0.717) is 22.8 Å². The molecule has 0 radical (unpaired) electrons. The molecule has 1 aromatic carbocycles. The van der Waals surface area contributed by atoms with E-state index in [2.05, 4.69) is 29.6 Å². The van der Waals surface area contributed by atoms with Crippen molar-refractivity contribution in [1.29, 1.82) is 0 Å². The van der Waals surface area contributed by atoms with Crippen molar-refractivity contribution >= 4 is 17.7 Å². The molecular weight excluding hydrogens is 450 g/mol. The molecule has 0 spiro atoms. The van der Waals surface area contributed by atoms with Crippen LogP contribution in [0.4, 0.5) is 0 Å². The van der Waals surface area contributed by atoms with Gasteiger partial charge in [0.1, 0.15) is 11.5 Å². The number of nitrogens with zero attached hydrogens (tertiary/aromatic N) is 2. The monoisotopic (exact) mass is 487 g/mol. The maximum Gasteiger partial charge on any atom is 0.272 e. The van der Waals surface area contributed by atoms with Gasteiger partial charge in [0.05, 0.1) is 38.1 Å². The van der Waals surface area contributed by atoms with E-state index in [0.717, 1.165) is 0 Å². The van der Waals surface area contributed by atoms with Crippen LogP contribution < -0.4 is 25.8 Å². The zero-order valence-electron chi connectivity index (χ0n) is 21.5. The van der Waals surface area contributed by atoms with Crippen LogP contribution in [0, 0.1) is 11.8 Å². The molecule has 192 valence electrons. The first kappa shape index (κ1) is 27.7. The van der Waals surface area contributed by atoms with Gasteiger partial charge in [0, 0.05) is 12.5 Å². The van der Waals surface area contributed by atoms with Crippen molar-refractivity contribution in [3.63, 3.8) is 0 Å². The summed E-state index contributed by atoms with van der Waals surface area (Å²) in [6, 6.07) is 6.70. The predicted molar refractivity (Wildman–Crippen MR) is 133 cm³/mol. The van der Waals surface area contributed by atoms with Crippen molar-refractivity contribution in [2.24, 2.45) is 17.6 Å². The number of rotatable bonds is 12. The van der Waals surface area contributed by atoms with Gasteiger partial charge in [-0.1, -0.05) is 33.8 Å². The Kier molecular flexibility index (Phi) is 9.68. The van der Waals surface area contributed by atoms with Crippen molar-refractivity contribution in [3.8, 4) is 22.8 Å². The minimum atomic E-state index is -0.632. The van der Waals surface area contributed by atoms with Crippen LogP contribution in [-0.4, -0.2) is 54.3 Å². The van der Waals surface area contributed by atoms with Crippen LogP contribution >= 0.6 is 0 Å². The number of amides is 3. The number of nitrogens with two attached hydrogens (primary N) is 1. The maximum atomic E-state index is 13.3. The number of aromatic nitrogens is 2. The lowest BCUT2D eigenvalue weighted by Crippen LogP contribution is -2.43. The molecule has 10 nitrogen and oxygen atoms in total. The van der Waals surface area contributed by atoms with Crippen molar-refractivity contribution in [1.82, 2.24) is 20.4 Å². The molecule has 2 unspecified atom stereocenters. The fraction of sp³-hybridized carbons (Fsp3) is 0.520. The molecule has 1 heterocycles. The van der Waals surface area contributed by atoms with Crippen molar-refractivity contribution in [2.75, 3.05) is 20.8 Å². The summed E-state index contributed by atoms with van der Waals surface area (Å²) in [6.45, 7) is 9.74. The summed E-state index contributed by atoms with van der Waals surface area (Å²) in [6.07, 6.45) is 0.00692. The highest BCUT2D eigenvalue weighted by molar-refractivity contribution is 5.94. The molecule has 0 fully saturated rings. The number of primary amides is 1. The Balaban J connectivity index is 2.44. The second kappa shape index (κ2) is 12.2. The summed E-state index contributed by atoms with van der Waals surface area (Å²) in [5.74, 6) is -0.0180. The minimum absolute atomic E-state index is 0.00692.